The van der Waals surface area contributed by atoms with E-state index in [0.29, 0.717) is 0 Å². The molecule has 3 heteroatoms. The standard InChI is InChI=1S/C35H46N2.2C6H13.Ni/c1-5-9-13-15-22-33-32(21-12-8-4)34(30-25-23-28(24-26-30)18-14-10-6-2)37(36)35(33)31-20-16-19-29(27-31)17-11-7-3;2*1-3-5-6-4-2;/h16,19-20,23-27H,5-11,13-15,17-18,22H2,1-4H3;2*1,3-6H2,2H3;. The van der Waals surface area contributed by atoms with Gasteiger partial charge in [0.1, 0.15) is 5.57 Å². The number of aryl methyl sites for hydroxylation is 2. The molecule has 1 aliphatic rings. The fraction of sp³-hybridized carbons (Fsp3) is 0.617. The van der Waals surface area contributed by atoms with Crippen molar-refractivity contribution < 1.29 is 19.1 Å². The molecule has 0 N–H and O–H groups in total. The molecule has 0 aliphatic carbocycles. The average molecular weight is 724 g/mol. The van der Waals surface area contributed by atoms with E-state index < -0.39 is 0 Å². The number of nitrogens with zero attached hydrogens (tertiary/aromatic N) is 2. The van der Waals surface area contributed by atoms with E-state index in [4.69, 9.17) is 0 Å². The maximum atomic E-state index is 11.8. The Kier molecular flexibility index (Phi) is 24.7. The monoisotopic (exact) mass is 723 g/mol. The van der Waals surface area contributed by atoms with E-state index >= 15 is 0 Å². The van der Waals surface area contributed by atoms with Crippen LogP contribution in [-0.4, -0.2) is 4.70 Å². The Hall–Kier alpha value is -2.43. The normalized spacial score (nSPS) is 12.7. The molecule has 0 saturated heterocycles. The van der Waals surface area contributed by atoms with E-state index in [2.05, 4.69) is 102 Å². The summed E-state index contributed by atoms with van der Waals surface area (Å²) in [6, 6.07) is 17.5. The Labute approximate surface area is 315 Å². The van der Waals surface area contributed by atoms with Crippen molar-refractivity contribution in [2.75, 3.05) is 0 Å². The van der Waals surface area contributed by atoms with Crippen molar-refractivity contribution in [3.63, 3.8) is 0 Å². The number of hydrogen-bond donors (Lipinski definition) is 0. The first-order chi connectivity index (χ1) is 24.6. The van der Waals surface area contributed by atoms with E-state index in [1.165, 1.54) is 135 Å². The maximum absolute atomic E-state index is 11.8. The third-order valence-corrected chi connectivity index (χ3v) is 10.8. The zero-order valence-electron chi connectivity index (χ0n) is 33.1. The third kappa shape index (κ3) is 16.3. The van der Waals surface area contributed by atoms with E-state index in [1.807, 2.05) is 14.4 Å². The number of unbranched alkanes of at least 4 members (excludes halogenated alkanes) is 12. The SMILES string of the molecule is CCC#CC1=C(c2ccc(CCCCC)cc2)[N+](=[N-])C(c2cccc(CCCC)c2)=C1CCCCCC.CCCCC[CH2][Ni][CH2]CCCCC. The summed E-state index contributed by atoms with van der Waals surface area (Å²) in [4.78, 5) is 0. The summed E-state index contributed by atoms with van der Waals surface area (Å²) in [6.45, 7) is 13.4. The molecular formula is C47H72N2Ni. The molecule has 0 spiro atoms. The molecule has 0 radical (unpaired) electrons. The topological polar surface area (TPSA) is 25.3 Å². The van der Waals surface area contributed by atoms with Crippen molar-refractivity contribution in [1.29, 1.82) is 0 Å². The van der Waals surface area contributed by atoms with Crippen LogP contribution >= 0.6 is 0 Å². The Morgan fingerprint density at radius 1 is 0.540 bits per heavy atom. The summed E-state index contributed by atoms with van der Waals surface area (Å²) < 4.78 is 1.44. The van der Waals surface area contributed by atoms with Crippen molar-refractivity contribution >= 4 is 11.4 Å². The van der Waals surface area contributed by atoms with Crippen LogP contribution in [0.4, 0.5) is 0 Å². The van der Waals surface area contributed by atoms with Crippen LogP contribution in [-0.2, 0) is 27.3 Å². The Morgan fingerprint density at radius 2 is 1.10 bits per heavy atom. The van der Waals surface area contributed by atoms with Gasteiger partial charge in [0.25, 0.3) is 0 Å². The summed E-state index contributed by atoms with van der Waals surface area (Å²) in [5.74, 6) is 6.80. The summed E-state index contributed by atoms with van der Waals surface area (Å²) in [5.41, 5.74) is 20.5. The average Bonchev–Trinajstić information content (AvgIpc) is 3.41. The Bertz CT molecular complexity index is 1330. The fourth-order valence-corrected chi connectivity index (χ4v) is 7.60. The molecule has 0 fully saturated rings. The van der Waals surface area contributed by atoms with Gasteiger partial charge in [-0.1, -0.05) is 102 Å². The van der Waals surface area contributed by atoms with Gasteiger partial charge in [0.05, 0.1) is 0 Å². The summed E-state index contributed by atoms with van der Waals surface area (Å²) in [7, 11) is 0. The quantitative estimate of drug-likeness (QED) is 0.0446. The van der Waals surface area contributed by atoms with Crippen molar-refractivity contribution in [2.45, 2.75) is 187 Å². The molecule has 2 aromatic carbocycles. The predicted molar refractivity (Wildman–Crippen MR) is 217 cm³/mol. The van der Waals surface area contributed by atoms with Crippen molar-refractivity contribution in [3.8, 4) is 11.8 Å². The molecule has 0 atom stereocenters. The van der Waals surface area contributed by atoms with Gasteiger partial charge in [-0.25, -0.2) is 4.70 Å². The van der Waals surface area contributed by atoms with Crippen LogP contribution in [0.15, 0.2) is 59.7 Å². The first kappa shape index (κ1) is 43.7. The minimum atomic E-state index is 0.795. The molecule has 280 valence electrons. The Morgan fingerprint density at radius 3 is 1.70 bits per heavy atom. The van der Waals surface area contributed by atoms with Gasteiger partial charge in [-0.15, -0.1) is 0 Å². The van der Waals surface area contributed by atoms with Crippen LogP contribution in [0.25, 0.3) is 16.9 Å². The summed E-state index contributed by atoms with van der Waals surface area (Å²) >= 11 is 1.99. The van der Waals surface area contributed by atoms with Crippen molar-refractivity contribution in [2.24, 2.45) is 0 Å². The van der Waals surface area contributed by atoms with Crippen LogP contribution in [0.5, 0.6) is 0 Å². The Balaban J connectivity index is 0.000000565. The van der Waals surface area contributed by atoms with Gasteiger partial charge >= 0.3 is 90.4 Å². The van der Waals surface area contributed by atoms with Crippen molar-refractivity contribution in [3.05, 3.63) is 87.5 Å². The third-order valence-electron chi connectivity index (χ3n) is 9.39. The number of rotatable bonds is 24. The molecular weight excluding hydrogens is 651 g/mol. The number of hydrogen-bond acceptors (Lipinski definition) is 0. The van der Waals surface area contributed by atoms with Crippen LogP contribution in [0.2, 0.25) is 10.8 Å². The minimum absolute atomic E-state index is 0.795. The van der Waals surface area contributed by atoms with Crippen molar-refractivity contribution in [1.82, 2.24) is 0 Å². The van der Waals surface area contributed by atoms with Gasteiger partial charge in [-0.2, -0.15) is 0 Å². The zero-order chi connectivity index (χ0) is 36.2. The molecule has 2 aromatic rings. The molecule has 1 heterocycles. The second-order valence-electron chi connectivity index (χ2n) is 13.9. The van der Waals surface area contributed by atoms with Gasteiger partial charge in [0.2, 0.25) is 11.4 Å². The van der Waals surface area contributed by atoms with Crippen LogP contribution in [0.1, 0.15) is 186 Å². The zero-order valence-corrected chi connectivity index (χ0v) is 34.1. The van der Waals surface area contributed by atoms with Gasteiger partial charge in [0, 0.05) is 23.1 Å². The number of benzene rings is 2. The van der Waals surface area contributed by atoms with E-state index in [-0.39, 0.29) is 0 Å². The molecule has 0 aromatic heterocycles. The van der Waals surface area contributed by atoms with E-state index in [1.54, 1.807) is 0 Å². The molecule has 3 rings (SSSR count). The molecule has 0 amide bonds. The fourth-order valence-electron chi connectivity index (χ4n) is 6.37. The van der Waals surface area contributed by atoms with Gasteiger partial charge in [-0.3, -0.25) is 0 Å². The van der Waals surface area contributed by atoms with Gasteiger partial charge < -0.3 is 5.53 Å². The molecule has 0 saturated carbocycles. The molecule has 50 heavy (non-hydrogen) atoms. The summed E-state index contributed by atoms with van der Waals surface area (Å²) in [5, 5.41) is 2.83. The molecule has 2 nitrogen and oxygen atoms in total. The second-order valence-corrected chi connectivity index (χ2v) is 15.4. The number of allylic oxidation sites excluding steroid dienone is 2. The molecule has 1 aliphatic heterocycles. The first-order valence-corrected chi connectivity index (χ1v) is 22.0. The van der Waals surface area contributed by atoms with Gasteiger partial charge in [0.15, 0.2) is 0 Å². The predicted octanol–water partition coefficient (Wildman–Crippen LogP) is 15.4. The van der Waals surface area contributed by atoms with Crippen LogP contribution in [0.3, 0.4) is 0 Å². The van der Waals surface area contributed by atoms with Gasteiger partial charge in [-0.05, 0) is 73.9 Å². The second kappa shape index (κ2) is 28.2. The van der Waals surface area contributed by atoms with E-state index in [9.17, 15) is 5.53 Å². The van der Waals surface area contributed by atoms with Crippen LogP contribution in [0, 0.1) is 11.8 Å². The summed E-state index contributed by atoms with van der Waals surface area (Å²) in [6.07, 6.45) is 26.1. The van der Waals surface area contributed by atoms with Crippen LogP contribution < -0.4 is 0 Å². The van der Waals surface area contributed by atoms with E-state index in [0.717, 1.165) is 60.2 Å². The molecule has 0 unspecified atom stereocenters. The molecule has 0 bridgehead atoms. The first-order valence-electron chi connectivity index (χ1n) is 20.6.